The lowest BCUT2D eigenvalue weighted by atomic mass is 10.1. The average Bonchev–Trinajstić information content (AvgIpc) is 3.08. The Labute approximate surface area is 123 Å². The topological polar surface area (TPSA) is 38.1 Å². The highest BCUT2D eigenvalue weighted by molar-refractivity contribution is 9.11. The van der Waals surface area contributed by atoms with Gasteiger partial charge in [-0.2, -0.15) is 0 Å². The van der Waals surface area contributed by atoms with E-state index in [0.717, 1.165) is 27.3 Å². The first-order chi connectivity index (χ1) is 9.31. The first kappa shape index (κ1) is 12.4. The van der Waals surface area contributed by atoms with Gasteiger partial charge in [-0.3, -0.25) is 0 Å². The maximum absolute atomic E-state index is 5.30. The second-order valence-corrected chi connectivity index (χ2v) is 6.35. The van der Waals surface area contributed by atoms with Crippen LogP contribution in [0.2, 0.25) is 0 Å². The standard InChI is InChI=1S/C14H11BrN2OS/c15-14-4-10(8-19-14)6-17-12-3-1-2-11(5-12)13-7-16-9-18-13/h1-5,7-9,17H,6H2. The molecule has 1 N–H and O–H groups in total. The molecular weight excluding hydrogens is 324 g/mol. The first-order valence-corrected chi connectivity index (χ1v) is 7.44. The molecule has 0 amide bonds. The fourth-order valence-corrected chi connectivity index (χ4v) is 2.99. The highest BCUT2D eigenvalue weighted by Gasteiger charge is 2.03. The maximum Gasteiger partial charge on any atom is 0.181 e. The molecule has 2 aromatic heterocycles. The molecule has 3 aromatic rings. The van der Waals surface area contributed by atoms with Gasteiger partial charge < -0.3 is 9.73 Å². The number of oxazole rings is 1. The van der Waals surface area contributed by atoms with Crippen LogP contribution < -0.4 is 5.32 Å². The predicted molar refractivity (Wildman–Crippen MR) is 81.3 cm³/mol. The van der Waals surface area contributed by atoms with Gasteiger partial charge in [0.15, 0.2) is 12.2 Å². The number of halogens is 1. The lowest BCUT2D eigenvalue weighted by Crippen LogP contribution is -1.97. The van der Waals surface area contributed by atoms with Gasteiger partial charge in [0.25, 0.3) is 0 Å². The fourth-order valence-electron chi connectivity index (χ4n) is 1.78. The zero-order valence-corrected chi connectivity index (χ0v) is 12.4. The van der Waals surface area contributed by atoms with Crippen molar-refractivity contribution in [1.29, 1.82) is 0 Å². The summed E-state index contributed by atoms with van der Waals surface area (Å²) in [6.45, 7) is 0.807. The number of nitrogens with one attached hydrogen (secondary N) is 1. The van der Waals surface area contributed by atoms with Crippen molar-refractivity contribution in [2.24, 2.45) is 0 Å². The summed E-state index contributed by atoms with van der Waals surface area (Å²) in [5.74, 6) is 0.780. The molecule has 0 saturated carbocycles. The summed E-state index contributed by atoms with van der Waals surface area (Å²) in [5.41, 5.74) is 3.35. The summed E-state index contributed by atoms with van der Waals surface area (Å²) >= 11 is 5.16. The van der Waals surface area contributed by atoms with Crippen LogP contribution in [0.25, 0.3) is 11.3 Å². The minimum absolute atomic E-state index is 0.780. The largest absolute Gasteiger partial charge is 0.444 e. The Bertz CT molecular complexity index is 664. The molecule has 2 heterocycles. The van der Waals surface area contributed by atoms with E-state index in [0.29, 0.717) is 0 Å². The Morgan fingerprint density at radius 3 is 3.00 bits per heavy atom. The van der Waals surface area contributed by atoms with Crippen molar-refractivity contribution in [1.82, 2.24) is 4.98 Å². The molecule has 0 aliphatic rings. The number of hydrogen-bond donors (Lipinski definition) is 1. The van der Waals surface area contributed by atoms with Crippen LogP contribution in [0.3, 0.4) is 0 Å². The molecule has 0 bridgehead atoms. The van der Waals surface area contributed by atoms with Crippen LogP contribution in [0, 0.1) is 0 Å². The van der Waals surface area contributed by atoms with Crippen LogP contribution in [0.1, 0.15) is 5.56 Å². The highest BCUT2D eigenvalue weighted by atomic mass is 79.9. The van der Waals surface area contributed by atoms with Crippen molar-refractivity contribution >= 4 is 33.0 Å². The Kier molecular flexibility index (Phi) is 3.66. The Morgan fingerprint density at radius 2 is 2.26 bits per heavy atom. The van der Waals surface area contributed by atoms with Crippen molar-refractivity contribution in [2.45, 2.75) is 6.54 Å². The lowest BCUT2D eigenvalue weighted by molar-refractivity contribution is 0.572. The molecule has 0 fully saturated rings. The molecule has 3 rings (SSSR count). The third kappa shape index (κ3) is 3.05. The van der Waals surface area contributed by atoms with E-state index in [1.54, 1.807) is 17.5 Å². The molecule has 0 atom stereocenters. The number of thiophene rings is 1. The van der Waals surface area contributed by atoms with Crippen molar-refractivity contribution in [3.63, 3.8) is 0 Å². The number of anilines is 1. The number of rotatable bonds is 4. The molecule has 0 aliphatic carbocycles. The van der Waals surface area contributed by atoms with Gasteiger partial charge in [-0.25, -0.2) is 4.98 Å². The molecule has 96 valence electrons. The lowest BCUT2D eigenvalue weighted by Gasteiger charge is -2.06. The Balaban J connectivity index is 1.73. The van der Waals surface area contributed by atoms with Crippen LogP contribution in [0.4, 0.5) is 5.69 Å². The van der Waals surface area contributed by atoms with Gasteiger partial charge in [0.2, 0.25) is 0 Å². The quantitative estimate of drug-likeness (QED) is 0.746. The SMILES string of the molecule is Brc1cc(CNc2cccc(-c3cnco3)c2)cs1. The van der Waals surface area contributed by atoms with Gasteiger partial charge in [0, 0.05) is 17.8 Å². The summed E-state index contributed by atoms with van der Waals surface area (Å²) in [6.07, 6.45) is 3.16. The van der Waals surface area contributed by atoms with Gasteiger partial charge >= 0.3 is 0 Å². The fraction of sp³-hybridized carbons (Fsp3) is 0.0714. The van der Waals surface area contributed by atoms with Gasteiger partial charge in [-0.1, -0.05) is 12.1 Å². The summed E-state index contributed by atoms with van der Waals surface area (Å²) in [7, 11) is 0. The molecule has 0 spiro atoms. The summed E-state index contributed by atoms with van der Waals surface area (Å²) in [6, 6.07) is 10.2. The minimum atomic E-state index is 0.780. The van der Waals surface area contributed by atoms with Gasteiger partial charge in [0.05, 0.1) is 9.98 Å². The van der Waals surface area contributed by atoms with E-state index in [9.17, 15) is 0 Å². The van der Waals surface area contributed by atoms with Crippen molar-refractivity contribution in [3.8, 4) is 11.3 Å². The van der Waals surface area contributed by atoms with Crippen molar-refractivity contribution in [3.05, 3.63) is 57.7 Å². The smallest absolute Gasteiger partial charge is 0.181 e. The molecule has 0 aliphatic heterocycles. The Morgan fingerprint density at radius 1 is 1.32 bits per heavy atom. The molecule has 19 heavy (non-hydrogen) atoms. The molecular formula is C14H11BrN2OS. The van der Waals surface area contributed by atoms with E-state index in [4.69, 9.17) is 4.42 Å². The Hall–Kier alpha value is -1.59. The normalized spacial score (nSPS) is 10.6. The molecule has 0 saturated heterocycles. The molecule has 1 aromatic carbocycles. The number of hydrogen-bond acceptors (Lipinski definition) is 4. The van der Waals surface area contributed by atoms with Gasteiger partial charge in [-0.15, -0.1) is 11.3 Å². The van der Waals surface area contributed by atoms with Crippen LogP contribution in [-0.2, 0) is 6.54 Å². The monoisotopic (exact) mass is 334 g/mol. The zero-order chi connectivity index (χ0) is 13.1. The molecule has 5 heteroatoms. The second kappa shape index (κ2) is 5.59. The third-order valence-corrected chi connectivity index (χ3v) is 4.25. The van der Waals surface area contributed by atoms with Gasteiger partial charge in [0.1, 0.15) is 0 Å². The highest BCUT2D eigenvalue weighted by Crippen LogP contribution is 2.24. The average molecular weight is 335 g/mol. The van der Waals surface area contributed by atoms with E-state index in [1.807, 2.05) is 18.2 Å². The van der Waals surface area contributed by atoms with Crippen molar-refractivity contribution < 1.29 is 4.42 Å². The number of nitrogens with zero attached hydrogens (tertiary/aromatic N) is 1. The summed E-state index contributed by atoms with van der Waals surface area (Å²) in [4.78, 5) is 3.93. The number of aromatic nitrogens is 1. The van der Waals surface area contributed by atoms with E-state index in [2.05, 4.69) is 43.7 Å². The molecule has 0 unspecified atom stereocenters. The maximum atomic E-state index is 5.30. The summed E-state index contributed by atoms with van der Waals surface area (Å²) in [5, 5.41) is 5.54. The third-order valence-electron chi connectivity index (χ3n) is 2.70. The van der Waals surface area contributed by atoms with E-state index in [1.165, 1.54) is 12.0 Å². The van der Waals surface area contributed by atoms with Crippen LogP contribution in [0.15, 0.2) is 56.5 Å². The minimum Gasteiger partial charge on any atom is -0.444 e. The predicted octanol–water partition coefficient (Wildman–Crippen LogP) is 4.78. The van der Waals surface area contributed by atoms with Crippen LogP contribution in [-0.4, -0.2) is 4.98 Å². The molecule has 3 nitrogen and oxygen atoms in total. The van der Waals surface area contributed by atoms with Crippen LogP contribution >= 0.6 is 27.3 Å². The zero-order valence-electron chi connectivity index (χ0n) is 9.97. The van der Waals surface area contributed by atoms with E-state index in [-0.39, 0.29) is 0 Å². The van der Waals surface area contributed by atoms with Crippen molar-refractivity contribution in [2.75, 3.05) is 5.32 Å². The molecule has 0 radical (unpaired) electrons. The summed E-state index contributed by atoms with van der Waals surface area (Å²) < 4.78 is 6.45. The second-order valence-electron chi connectivity index (χ2n) is 4.06. The first-order valence-electron chi connectivity index (χ1n) is 5.77. The van der Waals surface area contributed by atoms with E-state index >= 15 is 0 Å². The van der Waals surface area contributed by atoms with Crippen LogP contribution in [0.5, 0.6) is 0 Å². The van der Waals surface area contributed by atoms with Gasteiger partial charge in [-0.05, 0) is 45.1 Å². The van der Waals surface area contributed by atoms with E-state index < -0.39 is 0 Å². The number of benzene rings is 1.